The molecule has 1 aromatic heterocycles. The van der Waals surface area contributed by atoms with Gasteiger partial charge in [-0.05, 0) is 28.1 Å². The van der Waals surface area contributed by atoms with E-state index >= 15 is 0 Å². The summed E-state index contributed by atoms with van der Waals surface area (Å²) in [4.78, 5) is 4.11. The van der Waals surface area contributed by atoms with Gasteiger partial charge in [0.2, 0.25) is 0 Å². The lowest BCUT2D eigenvalue weighted by Gasteiger charge is -2.09. The van der Waals surface area contributed by atoms with Gasteiger partial charge in [0.1, 0.15) is 18.2 Å². The Labute approximate surface area is 117 Å². The Hall–Kier alpha value is -1.69. The van der Waals surface area contributed by atoms with Crippen LogP contribution < -0.4 is 10.1 Å². The largest absolute Gasteiger partial charge is 0.485 e. The lowest BCUT2D eigenvalue weighted by Crippen LogP contribution is -2.00. The second-order valence-corrected chi connectivity index (χ2v) is 4.64. The molecule has 1 aromatic carbocycles. The van der Waals surface area contributed by atoms with Crippen LogP contribution in [0, 0.1) is 11.6 Å². The van der Waals surface area contributed by atoms with Gasteiger partial charge in [0, 0.05) is 24.9 Å². The molecule has 6 heteroatoms. The number of aromatic nitrogens is 1. The van der Waals surface area contributed by atoms with Crippen LogP contribution in [0.25, 0.3) is 0 Å². The molecule has 1 N–H and O–H groups in total. The Morgan fingerprint density at radius 3 is 2.68 bits per heavy atom. The van der Waals surface area contributed by atoms with Gasteiger partial charge in [0.05, 0.1) is 4.47 Å². The van der Waals surface area contributed by atoms with Crippen LogP contribution in [0.3, 0.4) is 0 Å². The molecule has 0 unspecified atom stereocenters. The first-order chi connectivity index (χ1) is 9.10. The second kappa shape index (κ2) is 5.97. The molecule has 100 valence electrons. The smallest absolute Gasteiger partial charge is 0.169 e. The van der Waals surface area contributed by atoms with Gasteiger partial charge in [0.15, 0.2) is 11.6 Å². The minimum Gasteiger partial charge on any atom is -0.485 e. The number of anilines is 1. The Kier molecular flexibility index (Phi) is 4.31. The zero-order valence-electron chi connectivity index (χ0n) is 10.1. The fraction of sp³-hybridized carbons (Fsp3) is 0.154. The molecule has 0 aliphatic heterocycles. The molecule has 2 aromatic rings. The summed E-state index contributed by atoms with van der Waals surface area (Å²) in [6.45, 7) is 0.151. The standard InChI is InChI=1S/C13H11BrF2N2O/c1-17-12-3-2-8(6-18-12)7-19-13-10(14)4-9(15)5-11(13)16/h2-6H,7H2,1H3,(H,17,18). The zero-order valence-corrected chi connectivity index (χ0v) is 11.7. The van der Waals surface area contributed by atoms with Crippen molar-refractivity contribution in [2.24, 2.45) is 0 Å². The third kappa shape index (κ3) is 3.41. The zero-order chi connectivity index (χ0) is 13.8. The van der Waals surface area contributed by atoms with Gasteiger partial charge in [0.25, 0.3) is 0 Å². The number of hydrogen-bond donors (Lipinski definition) is 1. The van der Waals surface area contributed by atoms with Crippen molar-refractivity contribution in [2.75, 3.05) is 12.4 Å². The highest BCUT2D eigenvalue weighted by Crippen LogP contribution is 2.29. The summed E-state index contributed by atoms with van der Waals surface area (Å²) in [5.74, 6) is -0.680. The van der Waals surface area contributed by atoms with E-state index in [4.69, 9.17) is 4.74 Å². The molecular weight excluding hydrogens is 318 g/mol. The first-order valence-electron chi connectivity index (χ1n) is 5.50. The monoisotopic (exact) mass is 328 g/mol. The van der Waals surface area contributed by atoms with E-state index in [-0.39, 0.29) is 16.8 Å². The van der Waals surface area contributed by atoms with Crippen molar-refractivity contribution in [3.63, 3.8) is 0 Å². The van der Waals surface area contributed by atoms with E-state index in [2.05, 4.69) is 26.2 Å². The number of hydrogen-bond acceptors (Lipinski definition) is 3. The molecule has 0 saturated carbocycles. The second-order valence-electron chi connectivity index (χ2n) is 3.79. The van der Waals surface area contributed by atoms with E-state index in [0.717, 1.165) is 23.5 Å². The third-order valence-corrected chi connectivity index (χ3v) is 3.02. The van der Waals surface area contributed by atoms with Crippen molar-refractivity contribution in [1.82, 2.24) is 4.98 Å². The number of halogens is 3. The SMILES string of the molecule is CNc1ccc(COc2c(F)cc(F)cc2Br)cn1. The molecular formula is C13H11BrF2N2O. The molecule has 0 bridgehead atoms. The normalized spacial score (nSPS) is 10.3. The molecule has 0 spiro atoms. The van der Waals surface area contributed by atoms with E-state index < -0.39 is 11.6 Å². The van der Waals surface area contributed by atoms with Crippen LogP contribution in [-0.4, -0.2) is 12.0 Å². The molecule has 0 saturated heterocycles. The number of ether oxygens (including phenoxy) is 1. The average Bonchev–Trinajstić information content (AvgIpc) is 2.38. The van der Waals surface area contributed by atoms with Crippen LogP contribution in [0.5, 0.6) is 5.75 Å². The average molecular weight is 329 g/mol. The van der Waals surface area contributed by atoms with Crippen molar-refractivity contribution in [1.29, 1.82) is 0 Å². The Bertz CT molecular complexity index is 552. The summed E-state index contributed by atoms with van der Waals surface area (Å²) in [6.07, 6.45) is 1.63. The molecule has 3 nitrogen and oxygen atoms in total. The first-order valence-corrected chi connectivity index (χ1v) is 6.29. The summed E-state index contributed by atoms with van der Waals surface area (Å²) in [5.41, 5.74) is 0.787. The van der Waals surface area contributed by atoms with Crippen LogP contribution in [0.4, 0.5) is 14.6 Å². The van der Waals surface area contributed by atoms with Crippen LogP contribution in [-0.2, 0) is 6.61 Å². The fourth-order valence-corrected chi connectivity index (χ4v) is 2.00. The molecule has 1 heterocycles. The number of pyridine rings is 1. The highest BCUT2D eigenvalue weighted by Gasteiger charge is 2.11. The van der Waals surface area contributed by atoms with Gasteiger partial charge in [-0.1, -0.05) is 6.07 Å². The summed E-state index contributed by atoms with van der Waals surface area (Å²) in [6, 6.07) is 5.53. The minimum absolute atomic E-state index is 0.0147. The van der Waals surface area contributed by atoms with Gasteiger partial charge in [-0.2, -0.15) is 0 Å². The maximum Gasteiger partial charge on any atom is 0.169 e. The Morgan fingerprint density at radius 1 is 1.32 bits per heavy atom. The molecule has 0 fully saturated rings. The van der Waals surface area contributed by atoms with Gasteiger partial charge in [-0.3, -0.25) is 0 Å². The van der Waals surface area contributed by atoms with Gasteiger partial charge in [-0.25, -0.2) is 13.8 Å². The predicted molar refractivity (Wildman–Crippen MR) is 72.2 cm³/mol. The van der Waals surface area contributed by atoms with Crippen LogP contribution in [0.1, 0.15) is 5.56 Å². The predicted octanol–water partition coefficient (Wildman–Crippen LogP) is 3.74. The molecule has 0 aliphatic carbocycles. The van der Waals surface area contributed by atoms with E-state index in [1.54, 1.807) is 19.3 Å². The number of nitrogens with zero attached hydrogens (tertiary/aromatic N) is 1. The number of benzene rings is 1. The van der Waals surface area contributed by atoms with Crippen molar-refractivity contribution in [3.8, 4) is 5.75 Å². The van der Waals surface area contributed by atoms with Crippen LogP contribution >= 0.6 is 15.9 Å². The maximum atomic E-state index is 13.5. The molecule has 0 aliphatic rings. The van der Waals surface area contributed by atoms with Gasteiger partial charge >= 0.3 is 0 Å². The Morgan fingerprint density at radius 2 is 2.11 bits per heavy atom. The van der Waals surface area contributed by atoms with E-state index in [9.17, 15) is 8.78 Å². The van der Waals surface area contributed by atoms with Crippen LogP contribution in [0.2, 0.25) is 0 Å². The maximum absolute atomic E-state index is 13.5. The van der Waals surface area contributed by atoms with E-state index in [1.807, 2.05) is 6.07 Å². The summed E-state index contributed by atoms with van der Waals surface area (Å²) in [5, 5.41) is 2.89. The van der Waals surface area contributed by atoms with Crippen molar-refractivity contribution in [3.05, 3.63) is 52.1 Å². The van der Waals surface area contributed by atoms with E-state index in [0.29, 0.717) is 0 Å². The lowest BCUT2D eigenvalue weighted by molar-refractivity contribution is 0.287. The first kappa shape index (κ1) is 13.7. The highest BCUT2D eigenvalue weighted by atomic mass is 79.9. The molecule has 0 radical (unpaired) electrons. The van der Waals surface area contributed by atoms with Crippen LogP contribution in [0.15, 0.2) is 34.9 Å². The van der Waals surface area contributed by atoms with Crippen molar-refractivity contribution < 1.29 is 13.5 Å². The fourth-order valence-electron chi connectivity index (χ4n) is 1.48. The number of nitrogens with one attached hydrogen (secondary N) is 1. The molecule has 0 amide bonds. The van der Waals surface area contributed by atoms with Crippen molar-refractivity contribution >= 4 is 21.7 Å². The Balaban J connectivity index is 2.10. The van der Waals surface area contributed by atoms with E-state index in [1.165, 1.54) is 0 Å². The number of rotatable bonds is 4. The summed E-state index contributed by atoms with van der Waals surface area (Å²) >= 11 is 3.06. The minimum atomic E-state index is -0.744. The van der Waals surface area contributed by atoms with Gasteiger partial charge < -0.3 is 10.1 Å². The highest BCUT2D eigenvalue weighted by molar-refractivity contribution is 9.10. The molecule has 0 atom stereocenters. The molecule has 19 heavy (non-hydrogen) atoms. The third-order valence-electron chi connectivity index (χ3n) is 2.43. The molecule has 2 rings (SSSR count). The van der Waals surface area contributed by atoms with Crippen molar-refractivity contribution in [2.45, 2.75) is 6.61 Å². The summed E-state index contributed by atoms with van der Waals surface area (Å²) in [7, 11) is 1.77. The quantitative estimate of drug-likeness (QED) is 0.928. The lowest BCUT2D eigenvalue weighted by atomic mass is 10.3. The van der Waals surface area contributed by atoms with Gasteiger partial charge in [-0.15, -0.1) is 0 Å². The topological polar surface area (TPSA) is 34.1 Å². The summed E-state index contributed by atoms with van der Waals surface area (Å²) < 4.78 is 32.0.